The van der Waals surface area contributed by atoms with Crippen LogP contribution in [0.5, 0.6) is 0 Å². The van der Waals surface area contributed by atoms with Crippen LogP contribution in [0.25, 0.3) is 0 Å². The van der Waals surface area contributed by atoms with Crippen molar-refractivity contribution < 1.29 is 14.4 Å². The summed E-state index contributed by atoms with van der Waals surface area (Å²) in [4.78, 5) is 20.6. The Kier molecular flexibility index (Phi) is 5.06. The predicted molar refractivity (Wildman–Crippen MR) is 35.6 cm³/mol. The molecule has 54 valence electrons. The molecule has 5 heteroatoms. The Balaban J connectivity index is 0.000000810. The fraction of sp³-hybridized carbons (Fsp3) is 1.00. The predicted octanol–water partition coefficient (Wildman–Crippen LogP) is -0.538. The molecule has 0 N–H and O–H groups in total. The first kappa shape index (κ1) is 11.4. The molecule has 0 saturated heterocycles. The van der Waals surface area contributed by atoms with Gasteiger partial charge in [-0.15, -0.1) is 0 Å². The van der Waals surface area contributed by atoms with Gasteiger partial charge in [-0.3, -0.25) is 0 Å². The molecule has 0 unspecified atom stereocenters. The van der Waals surface area contributed by atoms with Crippen molar-refractivity contribution in [1.82, 2.24) is 0 Å². The third-order valence-electron chi connectivity index (χ3n) is 1.77. The molecule has 0 atom stereocenters. The molecule has 1 aliphatic carbocycles. The van der Waals surface area contributed by atoms with Crippen LogP contribution in [0.1, 0.15) is 25.7 Å². The molecule has 1 saturated carbocycles. The summed E-state index contributed by atoms with van der Waals surface area (Å²) in [6.07, 6.45) is 2.98. The summed E-state index contributed by atoms with van der Waals surface area (Å²) < 4.78 is 10.3. The van der Waals surface area contributed by atoms with Crippen molar-refractivity contribution in [2.45, 2.75) is 31.3 Å². The first-order chi connectivity index (χ1) is 4.11. The van der Waals surface area contributed by atoms with Gasteiger partial charge in [0.05, 0.1) is 0 Å². The molecular weight excluding hydrogens is 179 g/mol. The maximum atomic E-state index is 10.3. The number of rotatable bonds is 1. The van der Waals surface area contributed by atoms with E-state index in [0.717, 1.165) is 12.8 Å². The molecule has 0 amide bonds. The standard InChI is InChI=1S/C5H11O3P.Ca/c6-9(7,8)5-3-1-2-4-5;/h5H,1-4H2,(H2,6,7,8);/q;+2/p-2. The van der Waals surface area contributed by atoms with Crippen molar-refractivity contribution in [2.24, 2.45) is 0 Å². The van der Waals surface area contributed by atoms with Crippen molar-refractivity contribution in [3.05, 3.63) is 0 Å². The molecule has 0 aliphatic heterocycles. The molecule has 0 heterocycles. The van der Waals surface area contributed by atoms with Gasteiger partial charge in [-0.25, -0.2) is 0 Å². The fourth-order valence-electron chi connectivity index (χ4n) is 1.22. The quantitative estimate of drug-likeness (QED) is 0.410. The van der Waals surface area contributed by atoms with E-state index in [1.165, 1.54) is 0 Å². The Labute approximate surface area is 90.4 Å². The van der Waals surface area contributed by atoms with Crippen LogP contribution in [-0.2, 0) is 4.57 Å². The van der Waals surface area contributed by atoms with Crippen molar-refractivity contribution in [3.8, 4) is 0 Å². The molecule has 0 aromatic heterocycles. The molecule has 0 aromatic carbocycles. The van der Waals surface area contributed by atoms with Crippen LogP contribution in [-0.4, -0.2) is 43.4 Å². The Morgan fingerprint density at radius 3 is 1.80 bits per heavy atom. The summed E-state index contributed by atoms with van der Waals surface area (Å²) >= 11 is 0. The largest absolute Gasteiger partial charge is 2.00 e. The van der Waals surface area contributed by atoms with Gasteiger partial charge < -0.3 is 14.4 Å². The Morgan fingerprint density at radius 1 is 1.20 bits per heavy atom. The SMILES string of the molecule is O=P([O-])([O-])C1CCCC1.[Ca+2]. The zero-order chi connectivity index (χ0) is 6.91. The summed E-state index contributed by atoms with van der Waals surface area (Å²) in [6.45, 7) is 0. The average molecular weight is 188 g/mol. The molecule has 0 bridgehead atoms. The Hall–Kier alpha value is 1.41. The van der Waals surface area contributed by atoms with Gasteiger partial charge in [0.1, 0.15) is 0 Å². The van der Waals surface area contributed by atoms with Crippen molar-refractivity contribution in [3.63, 3.8) is 0 Å². The molecule has 1 fully saturated rings. The van der Waals surface area contributed by atoms with Crippen LogP contribution >= 0.6 is 7.60 Å². The minimum Gasteiger partial charge on any atom is -0.811 e. The van der Waals surface area contributed by atoms with E-state index in [9.17, 15) is 14.4 Å². The molecule has 0 radical (unpaired) electrons. The van der Waals surface area contributed by atoms with Gasteiger partial charge in [-0.2, -0.15) is 0 Å². The van der Waals surface area contributed by atoms with Crippen LogP contribution in [0, 0.1) is 0 Å². The molecule has 0 aromatic rings. The molecule has 0 spiro atoms. The smallest absolute Gasteiger partial charge is 0.811 e. The maximum Gasteiger partial charge on any atom is 2.00 e. The zero-order valence-corrected chi connectivity index (χ0v) is 8.89. The zero-order valence-electron chi connectivity index (χ0n) is 5.78. The number of hydrogen-bond donors (Lipinski definition) is 0. The third kappa shape index (κ3) is 3.21. The fourth-order valence-corrected chi connectivity index (χ4v) is 2.22. The van der Waals surface area contributed by atoms with Crippen molar-refractivity contribution in [2.75, 3.05) is 0 Å². The van der Waals surface area contributed by atoms with Gasteiger partial charge in [0.25, 0.3) is 0 Å². The third-order valence-corrected chi connectivity index (χ3v) is 3.18. The summed E-state index contributed by atoms with van der Waals surface area (Å²) in [5.74, 6) is 0. The summed E-state index contributed by atoms with van der Waals surface area (Å²) in [5, 5.41) is 0. The van der Waals surface area contributed by atoms with Gasteiger partial charge in [0.2, 0.25) is 0 Å². The van der Waals surface area contributed by atoms with Gasteiger partial charge in [0, 0.05) is 0 Å². The first-order valence-electron chi connectivity index (χ1n) is 3.12. The van der Waals surface area contributed by atoms with E-state index in [2.05, 4.69) is 0 Å². The van der Waals surface area contributed by atoms with Crippen molar-refractivity contribution in [1.29, 1.82) is 0 Å². The van der Waals surface area contributed by atoms with Crippen LogP contribution < -0.4 is 9.79 Å². The van der Waals surface area contributed by atoms with E-state index < -0.39 is 13.3 Å². The maximum absolute atomic E-state index is 10.3. The van der Waals surface area contributed by atoms with Gasteiger partial charge in [-0.05, 0) is 18.5 Å². The van der Waals surface area contributed by atoms with Gasteiger partial charge in [0.15, 0.2) is 0 Å². The molecule has 1 aliphatic rings. The van der Waals surface area contributed by atoms with Crippen LogP contribution in [0.15, 0.2) is 0 Å². The molecule has 10 heavy (non-hydrogen) atoms. The summed E-state index contributed by atoms with van der Waals surface area (Å²) in [5.41, 5.74) is -0.544. The first-order valence-corrected chi connectivity index (χ1v) is 4.73. The Morgan fingerprint density at radius 2 is 1.60 bits per heavy atom. The summed E-state index contributed by atoms with van der Waals surface area (Å²) in [7, 11) is -4.21. The Bertz CT molecular complexity index is 138. The number of hydrogen-bond acceptors (Lipinski definition) is 3. The second kappa shape index (κ2) is 4.44. The second-order valence-corrected chi connectivity index (χ2v) is 4.29. The average Bonchev–Trinajstić information content (AvgIpc) is 2.08. The van der Waals surface area contributed by atoms with Crippen molar-refractivity contribution >= 4 is 45.3 Å². The summed E-state index contributed by atoms with van der Waals surface area (Å²) in [6, 6.07) is 0. The second-order valence-electron chi connectivity index (χ2n) is 2.48. The van der Waals surface area contributed by atoms with E-state index >= 15 is 0 Å². The van der Waals surface area contributed by atoms with Crippen LogP contribution in [0.3, 0.4) is 0 Å². The monoisotopic (exact) mass is 188 g/mol. The van der Waals surface area contributed by atoms with E-state index in [-0.39, 0.29) is 37.7 Å². The van der Waals surface area contributed by atoms with Crippen LogP contribution in [0.2, 0.25) is 0 Å². The van der Waals surface area contributed by atoms with Gasteiger partial charge in [-0.1, -0.05) is 20.4 Å². The normalized spacial score (nSPS) is 20.6. The minimum absolute atomic E-state index is 0. The van der Waals surface area contributed by atoms with E-state index in [4.69, 9.17) is 0 Å². The topological polar surface area (TPSA) is 63.2 Å². The van der Waals surface area contributed by atoms with E-state index in [0.29, 0.717) is 12.8 Å². The molecule has 3 nitrogen and oxygen atoms in total. The van der Waals surface area contributed by atoms with E-state index in [1.54, 1.807) is 0 Å². The van der Waals surface area contributed by atoms with E-state index in [1.807, 2.05) is 0 Å². The van der Waals surface area contributed by atoms with Crippen LogP contribution in [0.4, 0.5) is 0 Å². The van der Waals surface area contributed by atoms with Gasteiger partial charge >= 0.3 is 37.7 Å². The minimum atomic E-state index is -4.21. The molecule has 1 rings (SSSR count). The molecular formula is C5H9CaO3P.